The van der Waals surface area contributed by atoms with Crippen molar-refractivity contribution in [2.75, 3.05) is 57.3 Å². The molecule has 0 unspecified atom stereocenters. The number of carbonyl (C=O) groups excluding carboxylic acids is 3. The second-order valence-electron chi connectivity index (χ2n) is 6.88. The van der Waals surface area contributed by atoms with Gasteiger partial charge in [0.2, 0.25) is 17.7 Å². The summed E-state index contributed by atoms with van der Waals surface area (Å²) in [6.07, 6.45) is -0.153. The van der Waals surface area contributed by atoms with E-state index in [-0.39, 0.29) is 30.0 Å². The first-order valence-electron chi connectivity index (χ1n) is 9.26. The van der Waals surface area contributed by atoms with E-state index in [0.29, 0.717) is 58.0 Å². The predicted octanol–water partition coefficient (Wildman–Crippen LogP) is 0.555. The third kappa shape index (κ3) is 4.56. The molecule has 0 spiro atoms. The summed E-state index contributed by atoms with van der Waals surface area (Å²) in [6.45, 7) is 5.49. The summed E-state index contributed by atoms with van der Waals surface area (Å²) < 4.78 is 13.9. The van der Waals surface area contributed by atoms with E-state index in [1.165, 1.54) is 13.0 Å². The average Bonchev–Trinajstić information content (AvgIpc) is 2.68. The number of rotatable bonds is 3. The van der Waals surface area contributed by atoms with Crippen molar-refractivity contribution < 1.29 is 18.8 Å². The Hall–Kier alpha value is -2.64. The van der Waals surface area contributed by atoms with E-state index in [4.69, 9.17) is 0 Å². The van der Waals surface area contributed by atoms with Gasteiger partial charge in [-0.25, -0.2) is 4.39 Å². The van der Waals surface area contributed by atoms with E-state index in [1.54, 1.807) is 32.9 Å². The van der Waals surface area contributed by atoms with Gasteiger partial charge in [0.15, 0.2) is 0 Å². The molecule has 1 aromatic carbocycles. The summed E-state index contributed by atoms with van der Waals surface area (Å²) in [7, 11) is 0. The highest BCUT2D eigenvalue weighted by atomic mass is 19.1. The summed E-state index contributed by atoms with van der Waals surface area (Å²) in [6, 6.07) is 6.61. The van der Waals surface area contributed by atoms with E-state index < -0.39 is 0 Å². The smallest absolute Gasteiger partial charge is 0.232 e. The van der Waals surface area contributed by atoms with Crippen LogP contribution in [0.4, 0.5) is 10.1 Å². The molecule has 0 N–H and O–H groups in total. The maximum atomic E-state index is 13.9. The Morgan fingerprint density at radius 3 is 1.81 bits per heavy atom. The highest BCUT2D eigenvalue weighted by Crippen LogP contribution is 2.20. The fourth-order valence-electron chi connectivity index (χ4n) is 3.53. The number of hydrogen-bond donors (Lipinski definition) is 0. The van der Waals surface area contributed by atoms with Gasteiger partial charge < -0.3 is 19.6 Å². The summed E-state index contributed by atoms with van der Waals surface area (Å²) in [5, 5.41) is 0. The zero-order valence-corrected chi connectivity index (χ0v) is 15.6. The maximum Gasteiger partial charge on any atom is 0.232 e. The zero-order chi connectivity index (χ0) is 19.4. The van der Waals surface area contributed by atoms with Gasteiger partial charge in [0.05, 0.1) is 5.69 Å². The number of carbonyl (C=O) groups is 3. The average molecular weight is 376 g/mol. The van der Waals surface area contributed by atoms with Gasteiger partial charge in [-0.05, 0) is 12.1 Å². The molecule has 146 valence electrons. The van der Waals surface area contributed by atoms with Crippen LogP contribution in [0.1, 0.15) is 13.3 Å². The van der Waals surface area contributed by atoms with Crippen molar-refractivity contribution in [1.82, 2.24) is 14.7 Å². The molecule has 0 radical (unpaired) electrons. The van der Waals surface area contributed by atoms with Crippen LogP contribution in [0.2, 0.25) is 0 Å². The van der Waals surface area contributed by atoms with Crippen molar-refractivity contribution in [3.05, 3.63) is 30.1 Å². The Balaban J connectivity index is 1.46. The zero-order valence-electron chi connectivity index (χ0n) is 15.6. The van der Waals surface area contributed by atoms with Gasteiger partial charge >= 0.3 is 0 Å². The molecular weight excluding hydrogens is 351 g/mol. The Morgan fingerprint density at radius 1 is 0.815 bits per heavy atom. The standard InChI is InChI=1S/C19H25FN4O3/c1-15(25)21-6-10-23(11-7-21)18(26)14-19(27)24-12-8-22(9-13-24)17-5-3-2-4-16(17)20/h2-5H,6-14H2,1H3. The van der Waals surface area contributed by atoms with Crippen LogP contribution in [0.3, 0.4) is 0 Å². The Bertz CT molecular complexity index is 711. The third-order valence-electron chi connectivity index (χ3n) is 5.21. The highest BCUT2D eigenvalue weighted by molar-refractivity contribution is 5.97. The fraction of sp³-hybridized carbons (Fsp3) is 0.526. The first-order valence-corrected chi connectivity index (χ1v) is 9.26. The molecular formula is C19H25FN4O3. The monoisotopic (exact) mass is 376 g/mol. The first-order chi connectivity index (χ1) is 13.0. The number of amides is 3. The van der Waals surface area contributed by atoms with Gasteiger partial charge in [0.25, 0.3) is 0 Å². The molecule has 0 aromatic heterocycles. The normalized spacial score (nSPS) is 17.9. The Labute approximate surface area is 158 Å². The van der Waals surface area contributed by atoms with Gasteiger partial charge in [-0.1, -0.05) is 12.1 Å². The van der Waals surface area contributed by atoms with Crippen LogP contribution >= 0.6 is 0 Å². The molecule has 27 heavy (non-hydrogen) atoms. The van der Waals surface area contributed by atoms with Crippen LogP contribution in [-0.2, 0) is 14.4 Å². The minimum Gasteiger partial charge on any atom is -0.366 e. The molecule has 7 nitrogen and oxygen atoms in total. The minimum atomic E-state index is -0.267. The summed E-state index contributed by atoms with van der Waals surface area (Å²) >= 11 is 0. The van der Waals surface area contributed by atoms with Crippen molar-refractivity contribution >= 4 is 23.4 Å². The summed E-state index contributed by atoms with van der Waals surface area (Å²) in [5.74, 6) is -0.648. The molecule has 8 heteroatoms. The van der Waals surface area contributed by atoms with Gasteiger partial charge in [0, 0.05) is 59.3 Å². The van der Waals surface area contributed by atoms with Gasteiger partial charge in [-0.2, -0.15) is 0 Å². The lowest BCUT2D eigenvalue weighted by Crippen LogP contribution is -2.52. The molecule has 2 heterocycles. The van der Waals surface area contributed by atoms with Crippen LogP contribution in [-0.4, -0.2) is 84.8 Å². The second kappa shape index (κ2) is 8.37. The van der Waals surface area contributed by atoms with Crippen LogP contribution < -0.4 is 4.90 Å². The molecule has 2 aliphatic heterocycles. The van der Waals surface area contributed by atoms with E-state index in [2.05, 4.69) is 0 Å². The Morgan fingerprint density at radius 2 is 1.30 bits per heavy atom. The molecule has 2 fully saturated rings. The Kier molecular flexibility index (Phi) is 5.93. The third-order valence-corrected chi connectivity index (χ3v) is 5.21. The van der Waals surface area contributed by atoms with E-state index in [1.807, 2.05) is 4.90 Å². The van der Waals surface area contributed by atoms with Crippen LogP contribution in [0.15, 0.2) is 24.3 Å². The quantitative estimate of drug-likeness (QED) is 0.723. The highest BCUT2D eigenvalue weighted by Gasteiger charge is 2.27. The van der Waals surface area contributed by atoms with Crippen molar-refractivity contribution in [1.29, 1.82) is 0 Å². The minimum absolute atomic E-state index is 0.00546. The lowest BCUT2D eigenvalue weighted by atomic mass is 10.2. The molecule has 0 saturated carbocycles. The SMILES string of the molecule is CC(=O)N1CCN(C(=O)CC(=O)N2CCN(c3ccccc3F)CC2)CC1. The molecule has 1 aromatic rings. The van der Waals surface area contributed by atoms with Crippen LogP contribution in [0.5, 0.6) is 0 Å². The van der Waals surface area contributed by atoms with Crippen molar-refractivity contribution in [3.63, 3.8) is 0 Å². The van der Waals surface area contributed by atoms with Gasteiger partial charge in [0.1, 0.15) is 12.2 Å². The number of piperazine rings is 2. The second-order valence-corrected chi connectivity index (χ2v) is 6.88. The van der Waals surface area contributed by atoms with Crippen LogP contribution in [0, 0.1) is 5.82 Å². The van der Waals surface area contributed by atoms with Gasteiger partial charge in [-0.3, -0.25) is 14.4 Å². The fourth-order valence-corrected chi connectivity index (χ4v) is 3.53. The molecule has 3 rings (SSSR count). The molecule has 0 aliphatic carbocycles. The summed E-state index contributed by atoms with van der Waals surface area (Å²) in [4.78, 5) is 43.1. The van der Waals surface area contributed by atoms with Crippen molar-refractivity contribution in [2.45, 2.75) is 13.3 Å². The van der Waals surface area contributed by atoms with E-state index >= 15 is 0 Å². The summed E-state index contributed by atoms with van der Waals surface area (Å²) in [5.41, 5.74) is 0.545. The molecule has 0 bridgehead atoms. The molecule has 2 aliphatic rings. The first kappa shape index (κ1) is 19.1. The maximum absolute atomic E-state index is 13.9. The number of nitrogens with zero attached hydrogens (tertiary/aromatic N) is 4. The lowest BCUT2D eigenvalue weighted by Gasteiger charge is -2.37. The van der Waals surface area contributed by atoms with E-state index in [9.17, 15) is 18.8 Å². The van der Waals surface area contributed by atoms with E-state index in [0.717, 1.165) is 0 Å². The van der Waals surface area contributed by atoms with Crippen molar-refractivity contribution in [2.24, 2.45) is 0 Å². The van der Waals surface area contributed by atoms with Crippen LogP contribution in [0.25, 0.3) is 0 Å². The molecule has 0 atom stereocenters. The lowest BCUT2D eigenvalue weighted by molar-refractivity contribution is -0.144. The number of hydrogen-bond acceptors (Lipinski definition) is 4. The van der Waals surface area contributed by atoms with Gasteiger partial charge in [-0.15, -0.1) is 0 Å². The number of halogens is 1. The number of anilines is 1. The van der Waals surface area contributed by atoms with Crippen molar-refractivity contribution in [3.8, 4) is 0 Å². The molecule has 3 amide bonds. The number of para-hydroxylation sites is 1. The predicted molar refractivity (Wildman–Crippen MR) is 98.6 cm³/mol. The largest absolute Gasteiger partial charge is 0.366 e. The molecule has 2 saturated heterocycles. The topological polar surface area (TPSA) is 64.2 Å². The number of benzene rings is 1.